The maximum Gasteiger partial charge on any atom is 0.157 e. The van der Waals surface area contributed by atoms with Crippen molar-refractivity contribution in [1.82, 2.24) is 19.5 Å². The lowest BCUT2D eigenvalue weighted by molar-refractivity contribution is 0.201. The summed E-state index contributed by atoms with van der Waals surface area (Å²) in [7, 11) is 0. The number of pyridine rings is 1. The standard InChI is InChI=1S/C14H19ClN4/c1-10(2)18-8-4-5-11(18)9-13-16-14-7-3-6-12(15)19(14)17-13/h3,6-7,10-11H,4-5,8-9H2,1-2H3. The normalized spacial score (nSPS) is 20.7. The van der Waals surface area contributed by atoms with Crippen LogP contribution in [0.1, 0.15) is 32.5 Å². The van der Waals surface area contributed by atoms with Crippen LogP contribution in [0.25, 0.3) is 5.65 Å². The van der Waals surface area contributed by atoms with Crippen molar-refractivity contribution < 1.29 is 0 Å². The molecule has 0 aliphatic carbocycles. The maximum atomic E-state index is 6.12. The zero-order valence-corrected chi connectivity index (χ0v) is 12.1. The van der Waals surface area contributed by atoms with Crippen molar-refractivity contribution in [2.75, 3.05) is 6.54 Å². The molecule has 1 aliphatic rings. The van der Waals surface area contributed by atoms with E-state index in [1.165, 1.54) is 19.4 Å². The number of fused-ring (bicyclic) bond motifs is 1. The summed E-state index contributed by atoms with van der Waals surface area (Å²) >= 11 is 6.12. The van der Waals surface area contributed by atoms with Gasteiger partial charge in [0.05, 0.1) is 0 Å². The van der Waals surface area contributed by atoms with Gasteiger partial charge in [-0.3, -0.25) is 4.90 Å². The van der Waals surface area contributed by atoms with Gasteiger partial charge in [-0.2, -0.15) is 0 Å². The molecule has 1 aliphatic heterocycles. The number of aromatic nitrogens is 3. The molecule has 3 rings (SSSR count). The predicted octanol–water partition coefficient (Wildman–Crippen LogP) is 2.80. The lowest BCUT2D eigenvalue weighted by atomic mass is 10.1. The maximum absolute atomic E-state index is 6.12. The first-order valence-corrected chi connectivity index (χ1v) is 7.29. The van der Waals surface area contributed by atoms with E-state index in [-0.39, 0.29) is 0 Å². The first-order valence-electron chi connectivity index (χ1n) is 6.91. The molecule has 5 heteroatoms. The summed E-state index contributed by atoms with van der Waals surface area (Å²) in [4.78, 5) is 7.12. The molecule has 2 aromatic heterocycles. The Morgan fingerprint density at radius 3 is 3.00 bits per heavy atom. The Balaban J connectivity index is 1.83. The summed E-state index contributed by atoms with van der Waals surface area (Å²) < 4.78 is 1.71. The fourth-order valence-corrected chi connectivity index (χ4v) is 3.17. The van der Waals surface area contributed by atoms with Gasteiger partial charge in [-0.1, -0.05) is 17.7 Å². The van der Waals surface area contributed by atoms with Crippen molar-refractivity contribution >= 4 is 17.2 Å². The minimum atomic E-state index is 0.566. The Labute approximate surface area is 118 Å². The van der Waals surface area contributed by atoms with Gasteiger partial charge < -0.3 is 0 Å². The quantitative estimate of drug-likeness (QED) is 0.810. The molecule has 2 aromatic rings. The van der Waals surface area contributed by atoms with Gasteiger partial charge in [-0.25, -0.2) is 9.50 Å². The summed E-state index contributed by atoms with van der Waals surface area (Å²) in [6.07, 6.45) is 3.43. The van der Waals surface area contributed by atoms with E-state index in [4.69, 9.17) is 11.6 Å². The molecule has 0 saturated carbocycles. The van der Waals surface area contributed by atoms with Crippen LogP contribution in [0.2, 0.25) is 5.15 Å². The van der Waals surface area contributed by atoms with Crippen LogP contribution in [0.4, 0.5) is 0 Å². The van der Waals surface area contributed by atoms with Crippen LogP contribution in [0, 0.1) is 0 Å². The molecule has 1 unspecified atom stereocenters. The average molecular weight is 279 g/mol. The lowest BCUT2D eigenvalue weighted by Gasteiger charge is -2.27. The van der Waals surface area contributed by atoms with Crippen molar-refractivity contribution in [1.29, 1.82) is 0 Å². The average Bonchev–Trinajstić information content (AvgIpc) is 2.96. The second-order valence-electron chi connectivity index (χ2n) is 5.48. The van der Waals surface area contributed by atoms with Gasteiger partial charge in [-0.15, -0.1) is 5.10 Å². The van der Waals surface area contributed by atoms with E-state index in [9.17, 15) is 0 Å². The summed E-state index contributed by atoms with van der Waals surface area (Å²) in [5, 5.41) is 5.13. The second kappa shape index (κ2) is 5.10. The third kappa shape index (κ3) is 2.47. The van der Waals surface area contributed by atoms with Gasteiger partial charge in [0.2, 0.25) is 0 Å². The van der Waals surface area contributed by atoms with E-state index in [0.717, 1.165) is 17.9 Å². The van der Waals surface area contributed by atoms with Crippen LogP contribution in [-0.4, -0.2) is 38.1 Å². The largest absolute Gasteiger partial charge is 0.298 e. The van der Waals surface area contributed by atoms with Gasteiger partial charge in [0, 0.05) is 18.5 Å². The molecule has 0 N–H and O–H groups in total. The third-order valence-corrected chi connectivity index (χ3v) is 4.15. The molecular formula is C14H19ClN4. The number of halogens is 1. The summed E-state index contributed by atoms with van der Waals surface area (Å²) in [5.74, 6) is 0.894. The highest BCUT2D eigenvalue weighted by molar-refractivity contribution is 6.29. The van der Waals surface area contributed by atoms with Crippen molar-refractivity contribution in [2.45, 2.75) is 45.2 Å². The van der Waals surface area contributed by atoms with Crippen molar-refractivity contribution in [3.05, 3.63) is 29.2 Å². The highest BCUT2D eigenvalue weighted by Gasteiger charge is 2.27. The minimum Gasteiger partial charge on any atom is -0.298 e. The van der Waals surface area contributed by atoms with Crippen LogP contribution >= 0.6 is 11.6 Å². The number of hydrogen-bond donors (Lipinski definition) is 0. The Hall–Kier alpha value is -1.13. The molecule has 3 heterocycles. The van der Waals surface area contributed by atoms with Gasteiger partial charge in [0.15, 0.2) is 11.5 Å². The van der Waals surface area contributed by atoms with Gasteiger partial charge in [0.25, 0.3) is 0 Å². The fraction of sp³-hybridized carbons (Fsp3) is 0.571. The molecule has 1 saturated heterocycles. The molecular weight excluding hydrogens is 260 g/mol. The summed E-state index contributed by atoms with van der Waals surface area (Å²) in [5.41, 5.74) is 0.830. The molecule has 4 nitrogen and oxygen atoms in total. The Morgan fingerprint density at radius 2 is 2.26 bits per heavy atom. The number of rotatable bonds is 3. The lowest BCUT2D eigenvalue weighted by Crippen LogP contribution is -2.36. The van der Waals surface area contributed by atoms with E-state index in [1.807, 2.05) is 18.2 Å². The summed E-state index contributed by atoms with van der Waals surface area (Å²) in [6, 6.07) is 6.84. The topological polar surface area (TPSA) is 33.4 Å². The molecule has 1 fully saturated rings. The molecule has 19 heavy (non-hydrogen) atoms. The van der Waals surface area contributed by atoms with Crippen LogP contribution < -0.4 is 0 Å². The molecule has 0 bridgehead atoms. The first kappa shape index (κ1) is 12.9. The number of hydrogen-bond acceptors (Lipinski definition) is 3. The monoisotopic (exact) mass is 278 g/mol. The molecule has 1 atom stereocenters. The Bertz CT molecular complexity index is 578. The SMILES string of the molecule is CC(C)N1CCCC1Cc1nc2cccc(Cl)n2n1. The Kier molecular flexibility index (Phi) is 3.46. The van der Waals surface area contributed by atoms with E-state index < -0.39 is 0 Å². The molecule has 0 aromatic carbocycles. The fourth-order valence-electron chi connectivity index (χ4n) is 2.97. The van der Waals surface area contributed by atoms with Gasteiger partial charge in [0.1, 0.15) is 5.15 Å². The molecule has 0 spiro atoms. The van der Waals surface area contributed by atoms with E-state index in [2.05, 4.69) is 28.8 Å². The van der Waals surface area contributed by atoms with Gasteiger partial charge in [-0.05, 0) is 45.4 Å². The molecule has 0 amide bonds. The predicted molar refractivity (Wildman–Crippen MR) is 76.6 cm³/mol. The molecule has 0 radical (unpaired) electrons. The Morgan fingerprint density at radius 1 is 1.42 bits per heavy atom. The first-order chi connectivity index (χ1) is 9.15. The van der Waals surface area contributed by atoms with Crippen molar-refractivity contribution in [3.8, 4) is 0 Å². The zero-order chi connectivity index (χ0) is 13.4. The third-order valence-electron chi connectivity index (χ3n) is 3.86. The van der Waals surface area contributed by atoms with E-state index >= 15 is 0 Å². The van der Waals surface area contributed by atoms with Crippen LogP contribution in [0.15, 0.2) is 18.2 Å². The van der Waals surface area contributed by atoms with Crippen LogP contribution in [-0.2, 0) is 6.42 Å². The van der Waals surface area contributed by atoms with Gasteiger partial charge >= 0.3 is 0 Å². The zero-order valence-electron chi connectivity index (χ0n) is 11.4. The van der Waals surface area contributed by atoms with E-state index in [0.29, 0.717) is 17.2 Å². The van der Waals surface area contributed by atoms with Crippen molar-refractivity contribution in [2.24, 2.45) is 0 Å². The van der Waals surface area contributed by atoms with Crippen LogP contribution in [0.3, 0.4) is 0 Å². The van der Waals surface area contributed by atoms with E-state index in [1.54, 1.807) is 4.52 Å². The highest BCUT2D eigenvalue weighted by atomic mass is 35.5. The highest BCUT2D eigenvalue weighted by Crippen LogP contribution is 2.23. The minimum absolute atomic E-state index is 0.566. The molecule has 102 valence electrons. The smallest absolute Gasteiger partial charge is 0.157 e. The number of nitrogens with zero attached hydrogens (tertiary/aromatic N) is 4. The van der Waals surface area contributed by atoms with Crippen molar-refractivity contribution in [3.63, 3.8) is 0 Å². The number of likely N-dealkylation sites (tertiary alicyclic amines) is 1. The summed E-state index contributed by atoms with van der Waals surface area (Å²) in [6.45, 7) is 5.70. The second-order valence-corrected chi connectivity index (χ2v) is 5.87. The van der Waals surface area contributed by atoms with Crippen LogP contribution in [0.5, 0.6) is 0 Å².